The zero-order chi connectivity index (χ0) is 18.6. The van der Waals surface area contributed by atoms with Crippen LogP contribution in [0, 0.1) is 0 Å². The molecule has 2 aromatic carbocycles. The van der Waals surface area contributed by atoms with Crippen LogP contribution in [0.15, 0.2) is 63.8 Å². The van der Waals surface area contributed by atoms with E-state index >= 15 is 0 Å². The van der Waals surface area contributed by atoms with E-state index in [9.17, 15) is 4.79 Å². The summed E-state index contributed by atoms with van der Waals surface area (Å²) >= 11 is 0. The van der Waals surface area contributed by atoms with Crippen molar-refractivity contribution in [3.63, 3.8) is 0 Å². The van der Waals surface area contributed by atoms with Gasteiger partial charge in [-0.2, -0.15) is 0 Å². The van der Waals surface area contributed by atoms with Crippen molar-refractivity contribution >= 4 is 11.0 Å². The van der Waals surface area contributed by atoms with Crippen molar-refractivity contribution in [2.75, 3.05) is 13.7 Å². The molecule has 0 saturated carbocycles. The van der Waals surface area contributed by atoms with Gasteiger partial charge >= 0.3 is 5.63 Å². The molecule has 0 amide bonds. The molecule has 27 heavy (non-hydrogen) atoms. The average Bonchev–Trinajstić information content (AvgIpc) is 2.72. The highest BCUT2D eigenvalue weighted by molar-refractivity contribution is 5.77. The average molecular weight is 366 g/mol. The van der Waals surface area contributed by atoms with Crippen LogP contribution in [0.5, 0.6) is 5.75 Å². The highest BCUT2D eigenvalue weighted by Gasteiger charge is 2.23. The molecule has 5 nitrogen and oxygen atoms in total. The molecule has 2 unspecified atom stereocenters. The number of methoxy groups -OCH3 is 1. The van der Waals surface area contributed by atoms with E-state index in [4.69, 9.17) is 18.6 Å². The van der Waals surface area contributed by atoms with Gasteiger partial charge in [0.2, 0.25) is 0 Å². The minimum absolute atomic E-state index is 0.0543. The first kappa shape index (κ1) is 17.8. The van der Waals surface area contributed by atoms with Gasteiger partial charge in [0.15, 0.2) is 0 Å². The van der Waals surface area contributed by atoms with E-state index < -0.39 is 0 Å². The number of benzene rings is 2. The quantitative estimate of drug-likeness (QED) is 0.632. The van der Waals surface area contributed by atoms with E-state index in [1.807, 2.05) is 24.3 Å². The number of hydrogen-bond acceptors (Lipinski definition) is 5. The zero-order valence-electron chi connectivity index (χ0n) is 15.2. The Morgan fingerprint density at radius 2 is 2.00 bits per heavy atom. The van der Waals surface area contributed by atoms with Gasteiger partial charge in [0, 0.05) is 37.7 Å². The SMILES string of the molecule is COC1CCOC(c2cccc(COc3ccc4ccc(=O)oc4c3)c2)C1. The first-order valence-electron chi connectivity index (χ1n) is 9.11. The molecule has 4 rings (SSSR count). The van der Waals surface area contributed by atoms with Gasteiger partial charge < -0.3 is 18.6 Å². The summed E-state index contributed by atoms with van der Waals surface area (Å²) in [5, 5.41) is 0.867. The van der Waals surface area contributed by atoms with Crippen molar-refractivity contribution in [3.8, 4) is 5.75 Å². The molecule has 0 spiro atoms. The van der Waals surface area contributed by atoms with Crippen LogP contribution in [0.25, 0.3) is 11.0 Å². The minimum atomic E-state index is -0.366. The zero-order valence-corrected chi connectivity index (χ0v) is 15.2. The smallest absolute Gasteiger partial charge is 0.336 e. The number of ether oxygens (including phenoxy) is 3. The number of hydrogen-bond donors (Lipinski definition) is 0. The van der Waals surface area contributed by atoms with Gasteiger partial charge in [-0.1, -0.05) is 18.2 Å². The molecular weight excluding hydrogens is 344 g/mol. The molecule has 2 atom stereocenters. The fourth-order valence-corrected chi connectivity index (χ4v) is 3.39. The van der Waals surface area contributed by atoms with Crippen LogP contribution in [-0.2, 0) is 16.1 Å². The number of rotatable bonds is 5. The maximum absolute atomic E-state index is 11.4. The lowest BCUT2D eigenvalue weighted by Gasteiger charge is -2.29. The van der Waals surface area contributed by atoms with Crippen LogP contribution in [0.2, 0.25) is 0 Å². The van der Waals surface area contributed by atoms with Crippen molar-refractivity contribution in [3.05, 3.63) is 76.1 Å². The lowest BCUT2D eigenvalue weighted by Crippen LogP contribution is -2.25. The van der Waals surface area contributed by atoms with Crippen LogP contribution in [0.4, 0.5) is 0 Å². The van der Waals surface area contributed by atoms with E-state index in [0.717, 1.165) is 29.4 Å². The molecule has 140 valence electrons. The maximum atomic E-state index is 11.4. The Morgan fingerprint density at radius 1 is 1.11 bits per heavy atom. The molecular formula is C22H22O5. The van der Waals surface area contributed by atoms with E-state index in [2.05, 4.69) is 12.1 Å². The minimum Gasteiger partial charge on any atom is -0.489 e. The van der Waals surface area contributed by atoms with Crippen molar-refractivity contribution in [2.24, 2.45) is 0 Å². The molecule has 2 heterocycles. The van der Waals surface area contributed by atoms with Gasteiger partial charge in [0.1, 0.15) is 17.9 Å². The summed E-state index contributed by atoms with van der Waals surface area (Å²) in [5.74, 6) is 0.663. The van der Waals surface area contributed by atoms with Gasteiger partial charge in [-0.15, -0.1) is 0 Å². The van der Waals surface area contributed by atoms with Crippen LogP contribution in [0.3, 0.4) is 0 Å². The van der Waals surface area contributed by atoms with Gasteiger partial charge in [-0.25, -0.2) is 4.79 Å². The van der Waals surface area contributed by atoms with Crippen LogP contribution < -0.4 is 10.4 Å². The van der Waals surface area contributed by atoms with Crippen LogP contribution in [-0.4, -0.2) is 19.8 Å². The molecule has 0 N–H and O–H groups in total. The largest absolute Gasteiger partial charge is 0.489 e. The molecule has 1 aromatic heterocycles. The van der Waals surface area contributed by atoms with Gasteiger partial charge in [0.25, 0.3) is 0 Å². The Kier molecular flexibility index (Phi) is 5.23. The third-order valence-corrected chi connectivity index (χ3v) is 4.89. The maximum Gasteiger partial charge on any atom is 0.336 e. The topological polar surface area (TPSA) is 57.9 Å². The normalized spacial score (nSPS) is 19.9. The van der Waals surface area contributed by atoms with Gasteiger partial charge in [-0.05, 0) is 41.8 Å². The second-order valence-electron chi connectivity index (χ2n) is 6.73. The molecule has 3 aromatic rings. The summed E-state index contributed by atoms with van der Waals surface area (Å²) in [4.78, 5) is 11.4. The second kappa shape index (κ2) is 7.94. The molecule has 0 aliphatic carbocycles. The third kappa shape index (κ3) is 4.21. The van der Waals surface area contributed by atoms with E-state index in [0.29, 0.717) is 24.5 Å². The highest BCUT2D eigenvalue weighted by atomic mass is 16.5. The summed E-state index contributed by atoms with van der Waals surface area (Å²) in [6.45, 7) is 1.14. The second-order valence-corrected chi connectivity index (χ2v) is 6.73. The summed E-state index contributed by atoms with van der Waals surface area (Å²) in [6, 6.07) is 16.9. The van der Waals surface area contributed by atoms with Crippen molar-refractivity contribution in [1.82, 2.24) is 0 Å². The van der Waals surface area contributed by atoms with E-state index in [1.54, 1.807) is 19.2 Å². The van der Waals surface area contributed by atoms with Gasteiger partial charge in [0.05, 0.1) is 12.2 Å². The van der Waals surface area contributed by atoms with Crippen molar-refractivity contribution < 1.29 is 18.6 Å². The molecule has 0 bridgehead atoms. The number of fused-ring (bicyclic) bond motifs is 1. The fraction of sp³-hybridized carbons (Fsp3) is 0.318. The molecule has 1 saturated heterocycles. The molecule has 0 radical (unpaired) electrons. The third-order valence-electron chi connectivity index (χ3n) is 4.89. The first-order valence-corrected chi connectivity index (χ1v) is 9.11. The highest BCUT2D eigenvalue weighted by Crippen LogP contribution is 2.30. The molecule has 1 fully saturated rings. The lowest BCUT2D eigenvalue weighted by molar-refractivity contribution is -0.0599. The van der Waals surface area contributed by atoms with E-state index in [-0.39, 0.29) is 17.8 Å². The molecule has 1 aliphatic rings. The van der Waals surface area contributed by atoms with Crippen molar-refractivity contribution in [2.45, 2.75) is 31.7 Å². The van der Waals surface area contributed by atoms with E-state index in [1.165, 1.54) is 6.07 Å². The summed E-state index contributed by atoms with van der Waals surface area (Å²) < 4.78 is 22.5. The summed E-state index contributed by atoms with van der Waals surface area (Å²) in [5.41, 5.74) is 2.36. The molecule has 1 aliphatic heterocycles. The Hall–Kier alpha value is -2.63. The van der Waals surface area contributed by atoms with Crippen LogP contribution in [0.1, 0.15) is 30.1 Å². The Labute approximate surface area is 157 Å². The molecule has 5 heteroatoms. The summed E-state index contributed by atoms with van der Waals surface area (Å²) in [7, 11) is 1.75. The van der Waals surface area contributed by atoms with Crippen LogP contribution >= 0.6 is 0 Å². The first-order chi connectivity index (χ1) is 13.2. The Bertz CT molecular complexity index is 978. The predicted molar refractivity (Wildman–Crippen MR) is 102 cm³/mol. The fourth-order valence-electron chi connectivity index (χ4n) is 3.39. The Morgan fingerprint density at radius 3 is 2.89 bits per heavy atom. The Balaban J connectivity index is 1.46. The predicted octanol–water partition coefficient (Wildman–Crippen LogP) is 4.24. The monoisotopic (exact) mass is 366 g/mol. The summed E-state index contributed by atoms with van der Waals surface area (Å²) in [6.07, 6.45) is 2.10. The standard InChI is InChI=1S/C22H22O5/c1-24-18-9-10-25-20(12-18)17-4-2-3-15(11-17)14-26-19-7-5-16-6-8-22(23)27-21(16)13-19/h2-8,11,13,18,20H,9-10,12,14H2,1H3. The lowest BCUT2D eigenvalue weighted by atomic mass is 9.98. The van der Waals surface area contributed by atoms with Gasteiger partial charge in [-0.3, -0.25) is 0 Å². The van der Waals surface area contributed by atoms with Crippen molar-refractivity contribution in [1.29, 1.82) is 0 Å².